The minimum Gasteiger partial charge on any atom is -0.375 e. The Balaban J connectivity index is 2.02. The lowest BCUT2D eigenvalue weighted by molar-refractivity contribution is -0.0500. The second kappa shape index (κ2) is 3.86. The molecule has 1 aliphatic heterocycles. The molecule has 2 aromatic rings. The van der Waals surface area contributed by atoms with Gasteiger partial charge in [-0.3, -0.25) is 0 Å². The van der Waals surface area contributed by atoms with E-state index in [0.29, 0.717) is 0 Å². The first-order chi connectivity index (χ1) is 8.24. The summed E-state index contributed by atoms with van der Waals surface area (Å²) in [6.07, 6.45) is 3.10. The molecule has 2 heterocycles. The van der Waals surface area contributed by atoms with Crippen molar-refractivity contribution in [3.05, 3.63) is 36.0 Å². The van der Waals surface area contributed by atoms with E-state index in [1.165, 1.54) is 16.5 Å². The van der Waals surface area contributed by atoms with Gasteiger partial charge in [0.05, 0.1) is 11.1 Å². The van der Waals surface area contributed by atoms with Gasteiger partial charge in [0.1, 0.15) is 0 Å². The average molecular weight is 230 g/mol. The minimum absolute atomic E-state index is 0.00144. The van der Waals surface area contributed by atoms with Crippen LogP contribution < -0.4 is 5.32 Å². The smallest absolute Gasteiger partial charge is 0.0966 e. The fourth-order valence-electron chi connectivity index (χ4n) is 2.68. The van der Waals surface area contributed by atoms with Crippen molar-refractivity contribution >= 4 is 10.9 Å². The first kappa shape index (κ1) is 10.8. The van der Waals surface area contributed by atoms with Crippen LogP contribution in [0.2, 0.25) is 0 Å². The van der Waals surface area contributed by atoms with Crippen molar-refractivity contribution in [1.82, 2.24) is 9.88 Å². The van der Waals surface area contributed by atoms with Crippen LogP contribution in [-0.2, 0) is 18.2 Å². The number of hydrogen-bond acceptors (Lipinski definition) is 2. The van der Waals surface area contributed by atoms with Gasteiger partial charge in [0.25, 0.3) is 0 Å². The van der Waals surface area contributed by atoms with E-state index >= 15 is 0 Å². The molecule has 0 aliphatic carbocycles. The Bertz CT molecular complexity index is 535. The van der Waals surface area contributed by atoms with Crippen LogP contribution in [0.25, 0.3) is 10.9 Å². The van der Waals surface area contributed by atoms with Crippen molar-refractivity contribution in [2.24, 2.45) is 7.05 Å². The molecule has 0 unspecified atom stereocenters. The molecule has 0 spiro atoms. The number of aryl methyl sites for hydroxylation is 1. The van der Waals surface area contributed by atoms with Crippen LogP contribution >= 0.6 is 0 Å². The molecule has 0 radical (unpaired) electrons. The highest BCUT2D eigenvalue weighted by molar-refractivity contribution is 5.83. The zero-order chi connectivity index (χ0) is 11.9. The number of methoxy groups -OCH3 is 1. The van der Waals surface area contributed by atoms with Gasteiger partial charge in [0.2, 0.25) is 0 Å². The molecule has 3 heteroatoms. The van der Waals surface area contributed by atoms with Crippen LogP contribution in [0.1, 0.15) is 5.56 Å². The molecule has 1 saturated heterocycles. The monoisotopic (exact) mass is 230 g/mol. The van der Waals surface area contributed by atoms with E-state index in [0.717, 1.165) is 19.5 Å². The van der Waals surface area contributed by atoms with E-state index < -0.39 is 0 Å². The molecule has 0 atom stereocenters. The van der Waals surface area contributed by atoms with Crippen molar-refractivity contribution < 1.29 is 4.74 Å². The predicted octanol–water partition coefficient (Wildman–Crippen LogP) is 1.71. The topological polar surface area (TPSA) is 26.2 Å². The summed E-state index contributed by atoms with van der Waals surface area (Å²) in [4.78, 5) is 0. The van der Waals surface area contributed by atoms with E-state index in [2.05, 4.69) is 47.4 Å². The highest BCUT2D eigenvalue weighted by Crippen LogP contribution is 2.27. The van der Waals surface area contributed by atoms with Gasteiger partial charge in [0.15, 0.2) is 0 Å². The highest BCUT2D eigenvalue weighted by Gasteiger charge is 2.37. The molecule has 1 aromatic carbocycles. The van der Waals surface area contributed by atoms with E-state index in [1.54, 1.807) is 0 Å². The molecule has 3 rings (SSSR count). The van der Waals surface area contributed by atoms with Crippen LogP contribution in [0, 0.1) is 0 Å². The summed E-state index contributed by atoms with van der Waals surface area (Å²) < 4.78 is 7.87. The lowest BCUT2D eigenvalue weighted by Crippen LogP contribution is -2.61. The van der Waals surface area contributed by atoms with Gasteiger partial charge in [0, 0.05) is 39.9 Å². The van der Waals surface area contributed by atoms with Gasteiger partial charge in [-0.1, -0.05) is 18.2 Å². The molecule has 1 N–H and O–H groups in total. The van der Waals surface area contributed by atoms with Crippen molar-refractivity contribution in [1.29, 1.82) is 0 Å². The maximum Gasteiger partial charge on any atom is 0.0966 e. The van der Waals surface area contributed by atoms with E-state index in [-0.39, 0.29) is 5.60 Å². The number of nitrogens with one attached hydrogen (secondary N) is 1. The van der Waals surface area contributed by atoms with Crippen molar-refractivity contribution in [3.63, 3.8) is 0 Å². The third-order valence-electron chi connectivity index (χ3n) is 3.82. The minimum atomic E-state index is -0.00144. The number of aromatic nitrogens is 1. The van der Waals surface area contributed by atoms with Crippen LogP contribution in [-0.4, -0.2) is 30.4 Å². The highest BCUT2D eigenvalue weighted by atomic mass is 16.5. The van der Waals surface area contributed by atoms with Crippen LogP contribution in [0.5, 0.6) is 0 Å². The fraction of sp³-hybridized carbons (Fsp3) is 0.429. The normalized spacial score (nSPS) is 18.2. The molecule has 0 amide bonds. The molecule has 0 bridgehead atoms. The number of para-hydroxylation sites is 1. The molecule has 0 saturated carbocycles. The third-order valence-corrected chi connectivity index (χ3v) is 3.82. The number of ether oxygens (including phenoxy) is 1. The van der Waals surface area contributed by atoms with Crippen LogP contribution in [0.15, 0.2) is 30.5 Å². The Morgan fingerprint density at radius 3 is 2.82 bits per heavy atom. The Morgan fingerprint density at radius 2 is 2.18 bits per heavy atom. The first-order valence-electron chi connectivity index (χ1n) is 6.03. The number of rotatable bonds is 3. The molecule has 90 valence electrons. The van der Waals surface area contributed by atoms with E-state index in [9.17, 15) is 0 Å². The largest absolute Gasteiger partial charge is 0.375 e. The third kappa shape index (κ3) is 1.66. The molecule has 1 aliphatic rings. The quantitative estimate of drug-likeness (QED) is 0.868. The maximum absolute atomic E-state index is 5.67. The first-order valence-corrected chi connectivity index (χ1v) is 6.03. The summed E-state index contributed by atoms with van der Waals surface area (Å²) in [5, 5.41) is 4.61. The number of fused-ring (bicyclic) bond motifs is 1. The van der Waals surface area contributed by atoms with E-state index in [1.807, 2.05) is 7.11 Å². The summed E-state index contributed by atoms with van der Waals surface area (Å²) >= 11 is 0. The molecular weight excluding hydrogens is 212 g/mol. The average Bonchev–Trinajstić information content (AvgIpc) is 2.67. The van der Waals surface area contributed by atoms with Gasteiger partial charge in [-0.25, -0.2) is 0 Å². The predicted molar refractivity (Wildman–Crippen MR) is 69.2 cm³/mol. The van der Waals surface area contributed by atoms with Gasteiger partial charge in [-0.2, -0.15) is 0 Å². The van der Waals surface area contributed by atoms with Gasteiger partial charge >= 0.3 is 0 Å². The Morgan fingerprint density at radius 1 is 1.35 bits per heavy atom. The van der Waals surface area contributed by atoms with Crippen LogP contribution in [0.4, 0.5) is 0 Å². The van der Waals surface area contributed by atoms with Crippen molar-refractivity contribution in [2.45, 2.75) is 12.0 Å². The van der Waals surface area contributed by atoms with Crippen molar-refractivity contribution in [3.8, 4) is 0 Å². The van der Waals surface area contributed by atoms with Gasteiger partial charge < -0.3 is 14.6 Å². The van der Waals surface area contributed by atoms with E-state index in [4.69, 9.17) is 4.74 Å². The summed E-state index contributed by atoms with van der Waals surface area (Å²) in [6.45, 7) is 1.90. The second-order valence-electron chi connectivity index (χ2n) is 4.95. The molecular formula is C14H18N2O. The second-order valence-corrected chi connectivity index (χ2v) is 4.95. The lowest BCUT2D eigenvalue weighted by atomic mass is 9.88. The maximum atomic E-state index is 5.67. The Labute approximate surface area is 101 Å². The summed E-state index contributed by atoms with van der Waals surface area (Å²) in [6, 6.07) is 8.67. The van der Waals surface area contributed by atoms with Crippen molar-refractivity contribution in [2.75, 3.05) is 20.2 Å². The summed E-state index contributed by atoms with van der Waals surface area (Å²) in [5.74, 6) is 0. The number of benzene rings is 1. The molecule has 17 heavy (non-hydrogen) atoms. The van der Waals surface area contributed by atoms with Gasteiger partial charge in [-0.15, -0.1) is 0 Å². The summed E-state index contributed by atoms with van der Waals surface area (Å²) in [5.41, 5.74) is 2.70. The SMILES string of the molecule is COC1(Cc2cccc3ccn(C)c23)CNC1. The summed E-state index contributed by atoms with van der Waals surface area (Å²) in [7, 11) is 3.91. The zero-order valence-electron chi connectivity index (χ0n) is 10.4. The number of hydrogen-bond donors (Lipinski definition) is 1. The lowest BCUT2D eigenvalue weighted by Gasteiger charge is -2.41. The van der Waals surface area contributed by atoms with Gasteiger partial charge in [-0.05, 0) is 17.0 Å². The molecule has 1 fully saturated rings. The van der Waals surface area contributed by atoms with Crippen LogP contribution in [0.3, 0.4) is 0 Å². The molecule has 1 aromatic heterocycles. The Hall–Kier alpha value is -1.32. The molecule has 3 nitrogen and oxygen atoms in total. The Kier molecular flexibility index (Phi) is 2.45. The standard InChI is InChI=1S/C14H18N2O/c1-16-7-6-11-4-3-5-12(13(11)16)8-14(17-2)9-15-10-14/h3-7,15H,8-10H2,1-2H3. The number of nitrogens with zero attached hydrogens (tertiary/aromatic N) is 1. The zero-order valence-corrected chi connectivity index (χ0v) is 10.4. The fourth-order valence-corrected chi connectivity index (χ4v) is 2.68.